The highest BCUT2D eigenvalue weighted by Crippen LogP contribution is 2.34. The smallest absolute Gasteiger partial charge is 0.233 e. The molecule has 3 rings (SSSR count). The number of hydrogen-bond acceptors (Lipinski definition) is 6. The van der Waals surface area contributed by atoms with Gasteiger partial charge in [-0.05, 0) is 56.7 Å². The number of rotatable bonds is 10. The van der Waals surface area contributed by atoms with Gasteiger partial charge in [0.1, 0.15) is 11.5 Å². The Kier molecular flexibility index (Phi) is 7.94. The minimum Gasteiger partial charge on any atom is -0.496 e. The predicted molar refractivity (Wildman–Crippen MR) is 123 cm³/mol. The Morgan fingerprint density at radius 1 is 1.13 bits per heavy atom. The van der Waals surface area contributed by atoms with Gasteiger partial charge in [0.05, 0.1) is 30.2 Å². The van der Waals surface area contributed by atoms with Crippen molar-refractivity contribution in [3.63, 3.8) is 0 Å². The van der Waals surface area contributed by atoms with E-state index in [-0.39, 0.29) is 11.2 Å². The number of carbonyl (C=O) groups excluding carboxylic acids is 1. The van der Waals surface area contributed by atoms with Gasteiger partial charge in [-0.25, -0.2) is 0 Å². The zero-order valence-corrected chi connectivity index (χ0v) is 19.1. The largest absolute Gasteiger partial charge is 0.496 e. The molecule has 1 heterocycles. The minimum atomic E-state index is -0.317. The van der Waals surface area contributed by atoms with E-state index in [0.29, 0.717) is 29.9 Å². The molecule has 8 heteroatoms. The van der Waals surface area contributed by atoms with E-state index in [9.17, 15) is 4.79 Å². The molecule has 0 aliphatic carbocycles. The number of aromatic nitrogens is 3. The number of carbonyl (C=O) groups is 1. The quantitative estimate of drug-likeness (QED) is 0.472. The summed E-state index contributed by atoms with van der Waals surface area (Å²) in [6.07, 6.45) is 0.892. The minimum absolute atomic E-state index is 0.0214. The fourth-order valence-electron chi connectivity index (χ4n) is 3.04. The van der Waals surface area contributed by atoms with E-state index in [2.05, 4.69) is 15.5 Å². The third kappa shape index (κ3) is 5.38. The summed E-state index contributed by atoms with van der Waals surface area (Å²) in [6, 6.07) is 15.4. The maximum absolute atomic E-state index is 12.4. The topological polar surface area (TPSA) is 78.3 Å². The molecule has 1 aromatic heterocycles. The molecule has 164 valence electrons. The molecule has 0 saturated carbocycles. The van der Waals surface area contributed by atoms with Gasteiger partial charge in [0.15, 0.2) is 11.0 Å². The van der Waals surface area contributed by atoms with E-state index in [1.54, 1.807) is 7.11 Å². The number of methoxy groups -OCH3 is 1. The van der Waals surface area contributed by atoms with Gasteiger partial charge < -0.3 is 14.8 Å². The van der Waals surface area contributed by atoms with Crippen LogP contribution >= 0.6 is 11.8 Å². The van der Waals surface area contributed by atoms with Crippen molar-refractivity contribution in [2.75, 3.05) is 20.3 Å². The van der Waals surface area contributed by atoms with Crippen LogP contribution in [-0.4, -0.2) is 46.2 Å². The molecular weight excluding hydrogens is 412 g/mol. The normalized spacial score (nSPS) is 11.7. The lowest BCUT2D eigenvalue weighted by Gasteiger charge is -2.15. The predicted octanol–water partition coefficient (Wildman–Crippen LogP) is 4.35. The van der Waals surface area contributed by atoms with Gasteiger partial charge in [-0.3, -0.25) is 9.36 Å². The molecular formula is C23H28N4O3S. The van der Waals surface area contributed by atoms with Crippen LogP contribution in [0.1, 0.15) is 27.2 Å². The molecule has 1 atom stereocenters. The van der Waals surface area contributed by atoms with Gasteiger partial charge in [0.25, 0.3) is 0 Å². The number of para-hydroxylation sites is 1. The van der Waals surface area contributed by atoms with Crippen LogP contribution in [0, 0.1) is 0 Å². The van der Waals surface area contributed by atoms with Crippen LogP contribution in [0.3, 0.4) is 0 Å². The maximum atomic E-state index is 12.4. The summed E-state index contributed by atoms with van der Waals surface area (Å²) < 4.78 is 13.1. The first kappa shape index (κ1) is 22.7. The maximum Gasteiger partial charge on any atom is 0.233 e. The third-order valence-corrected chi connectivity index (χ3v) is 5.63. The highest BCUT2D eigenvalue weighted by Gasteiger charge is 2.23. The molecule has 0 radical (unpaired) electrons. The summed E-state index contributed by atoms with van der Waals surface area (Å²) in [7, 11) is 1.63. The lowest BCUT2D eigenvalue weighted by atomic mass is 10.2. The second kappa shape index (κ2) is 10.9. The van der Waals surface area contributed by atoms with Crippen molar-refractivity contribution < 1.29 is 14.3 Å². The molecule has 0 fully saturated rings. The van der Waals surface area contributed by atoms with Crippen LogP contribution in [0.15, 0.2) is 53.7 Å². The van der Waals surface area contributed by atoms with Gasteiger partial charge in [0.2, 0.25) is 5.91 Å². The van der Waals surface area contributed by atoms with Crippen molar-refractivity contribution in [2.24, 2.45) is 0 Å². The molecule has 0 bridgehead atoms. The first-order valence-electron chi connectivity index (χ1n) is 10.3. The number of nitrogens with zero attached hydrogens (tertiary/aromatic N) is 3. The molecule has 0 aliphatic rings. The Hall–Kier alpha value is -3.00. The fourth-order valence-corrected chi connectivity index (χ4v) is 3.94. The number of ether oxygens (including phenoxy) is 2. The van der Waals surface area contributed by atoms with E-state index in [4.69, 9.17) is 9.47 Å². The van der Waals surface area contributed by atoms with E-state index < -0.39 is 0 Å². The van der Waals surface area contributed by atoms with Crippen molar-refractivity contribution in [3.8, 4) is 28.6 Å². The second-order valence-corrected chi connectivity index (χ2v) is 8.13. The molecule has 3 aromatic rings. The highest BCUT2D eigenvalue weighted by atomic mass is 32.2. The van der Waals surface area contributed by atoms with Crippen LogP contribution in [0.25, 0.3) is 17.1 Å². The zero-order valence-electron chi connectivity index (χ0n) is 18.3. The van der Waals surface area contributed by atoms with E-state index in [1.807, 2.05) is 73.9 Å². The van der Waals surface area contributed by atoms with E-state index >= 15 is 0 Å². The lowest BCUT2D eigenvalue weighted by Crippen LogP contribution is -2.31. The van der Waals surface area contributed by atoms with Crippen molar-refractivity contribution in [3.05, 3.63) is 48.5 Å². The van der Waals surface area contributed by atoms with Gasteiger partial charge in [-0.1, -0.05) is 30.8 Å². The first-order valence-corrected chi connectivity index (χ1v) is 11.2. The number of amides is 1. The Balaban J connectivity index is 2.03. The van der Waals surface area contributed by atoms with Crippen LogP contribution in [-0.2, 0) is 4.79 Å². The van der Waals surface area contributed by atoms with Gasteiger partial charge in [-0.15, -0.1) is 10.2 Å². The average molecular weight is 441 g/mol. The molecule has 7 nitrogen and oxygen atoms in total. The molecule has 2 aromatic carbocycles. The standard InChI is InChI=1S/C23H28N4O3S/c1-5-15-24-22(28)16(3)31-23-26-25-21(19-9-7-8-10-20(19)29-4)27(23)17-11-13-18(14-12-17)30-6-2/h7-14,16H,5-6,15H2,1-4H3,(H,24,28)/t16-/m0/s1. The Labute approximate surface area is 187 Å². The summed E-state index contributed by atoms with van der Waals surface area (Å²) in [5.74, 6) is 2.12. The zero-order chi connectivity index (χ0) is 22.2. The van der Waals surface area contributed by atoms with Crippen LogP contribution in [0.2, 0.25) is 0 Å². The summed E-state index contributed by atoms with van der Waals surface area (Å²) in [4.78, 5) is 12.4. The van der Waals surface area contributed by atoms with Crippen molar-refractivity contribution in [1.29, 1.82) is 0 Å². The summed E-state index contributed by atoms with van der Waals surface area (Å²) >= 11 is 1.37. The van der Waals surface area contributed by atoms with Crippen molar-refractivity contribution in [2.45, 2.75) is 37.6 Å². The van der Waals surface area contributed by atoms with Gasteiger partial charge >= 0.3 is 0 Å². The molecule has 1 N–H and O–H groups in total. The summed E-state index contributed by atoms with van der Waals surface area (Å²) in [5, 5.41) is 12.1. The van der Waals surface area contributed by atoms with Crippen molar-refractivity contribution in [1.82, 2.24) is 20.1 Å². The Morgan fingerprint density at radius 2 is 1.87 bits per heavy atom. The third-order valence-electron chi connectivity index (χ3n) is 4.59. The van der Waals surface area contributed by atoms with Crippen LogP contribution in [0.5, 0.6) is 11.5 Å². The molecule has 0 spiro atoms. The van der Waals surface area contributed by atoms with E-state index in [0.717, 1.165) is 23.4 Å². The van der Waals surface area contributed by atoms with E-state index in [1.165, 1.54) is 11.8 Å². The molecule has 0 saturated heterocycles. The Morgan fingerprint density at radius 3 is 2.55 bits per heavy atom. The fraction of sp³-hybridized carbons (Fsp3) is 0.348. The van der Waals surface area contributed by atoms with Gasteiger partial charge in [-0.2, -0.15) is 0 Å². The lowest BCUT2D eigenvalue weighted by molar-refractivity contribution is -0.120. The second-order valence-electron chi connectivity index (χ2n) is 6.82. The molecule has 0 aliphatic heterocycles. The van der Waals surface area contributed by atoms with Crippen molar-refractivity contribution >= 4 is 17.7 Å². The Bertz CT molecular complexity index is 1000. The monoisotopic (exact) mass is 440 g/mol. The number of thioether (sulfide) groups is 1. The highest BCUT2D eigenvalue weighted by molar-refractivity contribution is 8.00. The average Bonchev–Trinajstić information content (AvgIpc) is 3.21. The number of hydrogen-bond donors (Lipinski definition) is 1. The summed E-state index contributed by atoms with van der Waals surface area (Å²) in [6.45, 7) is 7.11. The molecule has 1 amide bonds. The van der Waals surface area contributed by atoms with Crippen LogP contribution < -0.4 is 14.8 Å². The SMILES string of the molecule is CCCNC(=O)[C@H](C)Sc1nnc(-c2ccccc2OC)n1-c1ccc(OCC)cc1. The number of benzene rings is 2. The van der Waals surface area contributed by atoms with Crippen LogP contribution in [0.4, 0.5) is 0 Å². The summed E-state index contributed by atoms with van der Waals surface area (Å²) in [5.41, 5.74) is 1.69. The molecule has 0 unspecified atom stereocenters. The van der Waals surface area contributed by atoms with Gasteiger partial charge in [0, 0.05) is 6.54 Å². The molecule has 31 heavy (non-hydrogen) atoms. The number of nitrogens with one attached hydrogen (secondary N) is 1. The first-order chi connectivity index (χ1) is 15.1.